The van der Waals surface area contributed by atoms with Gasteiger partial charge < -0.3 is 0 Å². The average molecular weight is 390 g/mol. The van der Waals surface area contributed by atoms with Crippen LogP contribution in [-0.4, -0.2) is 31.3 Å². The maximum absolute atomic E-state index is 12.5. The van der Waals surface area contributed by atoms with Gasteiger partial charge in [-0.05, 0) is 46.3 Å². The number of sulfonamides is 1. The number of aromatic nitrogens is 1. The third-order valence-corrected chi connectivity index (χ3v) is 6.08. The van der Waals surface area contributed by atoms with Crippen LogP contribution in [0, 0.1) is 0 Å². The van der Waals surface area contributed by atoms with Crippen molar-refractivity contribution in [1.82, 2.24) is 9.29 Å². The molecule has 7 heteroatoms. The smallest absolute Gasteiger partial charge is 0.242 e. The lowest BCUT2D eigenvalue weighted by Crippen LogP contribution is -2.29. The van der Waals surface area contributed by atoms with Crippen molar-refractivity contribution >= 4 is 37.6 Å². The third kappa shape index (κ3) is 4.03. The Morgan fingerprint density at radius 3 is 2.67 bits per heavy atom. The van der Waals surface area contributed by atoms with Crippen molar-refractivity contribution in [2.24, 2.45) is 0 Å². The van der Waals surface area contributed by atoms with Gasteiger partial charge in [0.05, 0.1) is 9.92 Å². The van der Waals surface area contributed by atoms with Gasteiger partial charge in [-0.1, -0.05) is 17.7 Å². The predicted molar refractivity (Wildman–Crippen MR) is 86.9 cm³/mol. The number of halogens is 2. The molecule has 0 spiro atoms. The van der Waals surface area contributed by atoms with Gasteiger partial charge in [-0.25, -0.2) is 12.7 Å². The number of nitrogens with zero attached hydrogens (tertiary/aromatic N) is 2. The molecule has 0 aliphatic rings. The molecule has 0 aliphatic carbocycles. The van der Waals surface area contributed by atoms with E-state index in [1.54, 1.807) is 19.3 Å². The minimum atomic E-state index is -3.53. The highest BCUT2D eigenvalue weighted by Gasteiger charge is 2.21. The van der Waals surface area contributed by atoms with Gasteiger partial charge in [0.2, 0.25) is 10.0 Å². The summed E-state index contributed by atoms with van der Waals surface area (Å²) in [4.78, 5) is 4.40. The van der Waals surface area contributed by atoms with Gasteiger partial charge in [0.15, 0.2) is 0 Å². The van der Waals surface area contributed by atoms with E-state index < -0.39 is 10.0 Å². The third-order valence-electron chi connectivity index (χ3n) is 3.01. The molecule has 1 aromatic carbocycles. The number of rotatable bonds is 5. The number of likely N-dealkylation sites (N-methyl/N-ethyl adjacent to an activating group) is 1. The Labute approximate surface area is 137 Å². The minimum absolute atomic E-state index is 0.210. The monoisotopic (exact) mass is 388 g/mol. The summed E-state index contributed by atoms with van der Waals surface area (Å²) in [6.07, 6.45) is 2.26. The molecule has 0 unspecified atom stereocenters. The summed E-state index contributed by atoms with van der Waals surface area (Å²) in [6, 6.07) is 10.2. The van der Waals surface area contributed by atoms with E-state index in [2.05, 4.69) is 20.9 Å². The van der Waals surface area contributed by atoms with Gasteiger partial charge in [-0.15, -0.1) is 0 Å². The molecule has 0 aliphatic heterocycles. The first-order chi connectivity index (χ1) is 9.91. The normalized spacial score (nSPS) is 11.8. The molecule has 0 bridgehead atoms. The zero-order valence-electron chi connectivity index (χ0n) is 11.3. The van der Waals surface area contributed by atoms with E-state index in [0.29, 0.717) is 22.5 Å². The van der Waals surface area contributed by atoms with Crippen LogP contribution < -0.4 is 0 Å². The van der Waals surface area contributed by atoms with Gasteiger partial charge in [-0.2, -0.15) is 0 Å². The van der Waals surface area contributed by atoms with E-state index in [4.69, 9.17) is 11.6 Å². The summed E-state index contributed by atoms with van der Waals surface area (Å²) in [7, 11) is -1.98. The first-order valence-electron chi connectivity index (χ1n) is 6.22. The van der Waals surface area contributed by atoms with Gasteiger partial charge in [0, 0.05) is 36.4 Å². The Hall–Kier alpha value is -0.950. The standard InChI is InChI=1S/C14H14BrClN2O2S/c1-18(9-7-11-4-2-3-8-17-11)21(19,20)12-5-6-14(16)13(15)10-12/h2-6,8,10H,7,9H2,1H3. The second-order valence-electron chi connectivity index (χ2n) is 4.47. The SMILES string of the molecule is CN(CCc1ccccn1)S(=O)(=O)c1ccc(Cl)c(Br)c1. The summed E-state index contributed by atoms with van der Waals surface area (Å²) in [5.41, 5.74) is 0.858. The lowest BCUT2D eigenvalue weighted by molar-refractivity contribution is 0.471. The van der Waals surface area contributed by atoms with E-state index in [1.807, 2.05) is 18.2 Å². The molecule has 1 heterocycles. The number of benzene rings is 1. The zero-order valence-corrected chi connectivity index (χ0v) is 14.5. The molecule has 21 heavy (non-hydrogen) atoms. The Balaban J connectivity index is 2.13. The van der Waals surface area contributed by atoms with Crippen LogP contribution in [0.3, 0.4) is 0 Å². The number of hydrogen-bond acceptors (Lipinski definition) is 3. The van der Waals surface area contributed by atoms with Gasteiger partial charge >= 0.3 is 0 Å². The molecular formula is C14H14BrClN2O2S. The van der Waals surface area contributed by atoms with Crippen molar-refractivity contribution in [1.29, 1.82) is 0 Å². The fraction of sp³-hybridized carbons (Fsp3) is 0.214. The quantitative estimate of drug-likeness (QED) is 0.788. The van der Waals surface area contributed by atoms with Crippen molar-refractivity contribution in [2.45, 2.75) is 11.3 Å². The van der Waals surface area contributed by atoms with Crippen LogP contribution in [0.25, 0.3) is 0 Å². The van der Waals surface area contributed by atoms with Crippen LogP contribution >= 0.6 is 27.5 Å². The molecule has 2 rings (SSSR count). The van der Waals surface area contributed by atoms with Crippen LogP contribution in [0.5, 0.6) is 0 Å². The number of pyridine rings is 1. The molecule has 0 saturated carbocycles. The van der Waals surface area contributed by atoms with Crippen molar-refractivity contribution in [3.05, 3.63) is 57.8 Å². The van der Waals surface area contributed by atoms with E-state index in [0.717, 1.165) is 5.69 Å². The van der Waals surface area contributed by atoms with Crippen molar-refractivity contribution < 1.29 is 8.42 Å². The highest BCUT2D eigenvalue weighted by atomic mass is 79.9. The molecular weight excluding hydrogens is 376 g/mol. The van der Waals surface area contributed by atoms with Crippen molar-refractivity contribution in [3.63, 3.8) is 0 Å². The maximum atomic E-state index is 12.5. The number of hydrogen-bond donors (Lipinski definition) is 0. The fourth-order valence-corrected chi connectivity index (χ4v) is 3.60. The van der Waals surface area contributed by atoms with E-state index in [1.165, 1.54) is 16.4 Å². The van der Waals surface area contributed by atoms with Crippen molar-refractivity contribution in [3.8, 4) is 0 Å². The fourth-order valence-electron chi connectivity index (χ4n) is 1.76. The molecule has 1 aromatic heterocycles. The molecule has 4 nitrogen and oxygen atoms in total. The summed E-state index contributed by atoms with van der Waals surface area (Å²) in [5, 5.41) is 0.477. The van der Waals surface area contributed by atoms with E-state index >= 15 is 0 Å². The molecule has 0 fully saturated rings. The molecule has 0 radical (unpaired) electrons. The molecule has 0 saturated heterocycles. The van der Waals surface area contributed by atoms with Crippen LogP contribution in [0.4, 0.5) is 0 Å². The summed E-state index contributed by atoms with van der Waals surface area (Å²) in [5.74, 6) is 0. The van der Waals surface area contributed by atoms with Gasteiger partial charge in [0.25, 0.3) is 0 Å². The summed E-state index contributed by atoms with van der Waals surface area (Å²) in [6.45, 7) is 0.361. The Morgan fingerprint density at radius 1 is 1.29 bits per heavy atom. The van der Waals surface area contributed by atoms with Crippen LogP contribution in [-0.2, 0) is 16.4 Å². The van der Waals surface area contributed by atoms with E-state index in [-0.39, 0.29) is 4.90 Å². The topological polar surface area (TPSA) is 50.3 Å². The molecule has 112 valence electrons. The summed E-state index contributed by atoms with van der Waals surface area (Å²) < 4.78 is 26.8. The lowest BCUT2D eigenvalue weighted by Gasteiger charge is -2.17. The highest BCUT2D eigenvalue weighted by Crippen LogP contribution is 2.26. The predicted octanol–water partition coefficient (Wildman–Crippen LogP) is 3.36. The minimum Gasteiger partial charge on any atom is -0.261 e. The zero-order chi connectivity index (χ0) is 15.5. The van der Waals surface area contributed by atoms with Crippen LogP contribution in [0.2, 0.25) is 5.02 Å². The lowest BCUT2D eigenvalue weighted by atomic mass is 10.3. The van der Waals surface area contributed by atoms with Crippen LogP contribution in [0.15, 0.2) is 52.0 Å². The summed E-state index contributed by atoms with van der Waals surface area (Å²) >= 11 is 9.13. The largest absolute Gasteiger partial charge is 0.261 e. The van der Waals surface area contributed by atoms with Gasteiger partial charge in [-0.3, -0.25) is 4.98 Å². The Kier molecular flexibility index (Phi) is 5.37. The maximum Gasteiger partial charge on any atom is 0.242 e. The molecule has 0 atom stereocenters. The Morgan fingerprint density at radius 2 is 2.05 bits per heavy atom. The average Bonchev–Trinajstić information content (AvgIpc) is 2.48. The van der Waals surface area contributed by atoms with E-state index in [9.17, 15) is 8.42 Å². The Bertz CT molecular complexity index is 723. The molecule has 0 amide bonds. The first-order valence-corrected chi connectivity index (χ1v) is 8.83. The van der Waals surface area contributed by atoms with Crippen molar-refractivity contribution in [2.75, 3.05) is 13.6 Å². The molecule has 2 aromatic rings. The highest BCUT2D eigenvalue weighted by molar-refractivity contribution is 9.10. The van der Waals surface area contributed by atoms with Crippen LogP contribution in [0.1, 0.15) is 5.69 Å². The second-order valence-corrected chi connectivity index (χ2v) is 7.78. The first kappa shape index (κ1) is 16.4. The second kappa shape index (κ2) is 6.87. The van der Waals surface area contributed by atoms with Gasteiger partial charge in [0.1, 0.15) is 0 Å². The molecule has 0 N–H and O–H groups in total.